The summed E-state index contributed by atoms with van der Waals surface area (Å²) in [5.41, 5.74) is 1.03. The Balaban J connectivity index is 2.01. The van der Waals surface area contributed by atoms with Gasteiger partial charge in [0.25, 0.3) is 0 Å². The molecule has 0 saturated heterocycles. The summed E-state index contributed by atoms with van der Waals surface area (Å²) in [6, 6.07) is 9.61. The normalized spacial score (nSPS) is 23.9. The quantitative estimate of drug-likeness (QED) is 0.888. The predicted octanol–water partition coefficient (Wildman–Crippen LogP) is 2.75. The highest BCUT2D eigenvalue weighted by molar-refractivity contribution is 5.85. The van der Waals surface area contributed by atoms with Gasteiger partial charge < -0.3 is 10.4 Å². The van der Waals surface area contributed by atoms with Crippen molar-refractivity contribution in [2.75, 3.05) is 0 Å². The van der Waals surface area contributed by atoms with Gasteiger partial charge in [0.1, 0.15) is 0 Å². The van der Waals surface area contributed by atoms with E-state index in [0.717, 1.165) is 18.4 Å². The Morgan fingerprint density at radius 2 is 1.75 bits per heavy atom. The van der Waals surface area contributed by atoms with Crippen LogP contribution in [0.5, 0.6) is 0 Å². The van der Waals surface area contributed by atoms with E-state index >= 15 is 0 Å². The Hall–Kier alpha value is -1.84. The molecule has 0 radical (unpaired) electrons. The first kappa shape index (κ1) is 14.6. The lowest BCUT2D eigenvalue weighted by Gasteiger charge is -2.28. The minimum absolute atomic E-state index is 0.0972. The minimum atomic E-state index is -0.850. The number of amides is 1. The molecule has 1 aromatic rings. The lowest BCUT2D eigenvalue weighted by molar-refractivity contribution is -0.149. The maximum atomic E-state index is 12.3. The van der Waals surface area contributed by atoms with Crippen LogP contribution in [0.15, 0.2) is 30.3 Å². The van der Waals surface area contributed by atoms with Gasteiger partial charge in [-0.05, 0) is 25.3 Å². The van der Waals surface area contributed by atoms with E-state index in [4.69, 9.17) is 0 Å². The van der Waals surface area contributed by atoms with E-state index in [1.54, 1.807) is 0 Å². The number of aliphatic carboxylic acids is 1. The number of rotatable bonds is 4. The number of carbonyl (C=O) groups excluding carboxylic acids is 1. The maximum absolute atomic E-state index is 12.3. The van der Waals surface area contributed by atoms with E-state index < -0.39 is 17.8 Å². The first-order valence-corrected chi connectivity index (χ1v) is 7.17. The van der Waals surface area contributed by atoms with Gasteiger partial charge in [-0.25, -0.2) is 0 Å². The van der Waals surface area contributed by atoms with Gasteiger partial charge in [-0.2, -0.15) is 0 Å². The Kier molecular flexibility index (Phi) is 4.77. The number of hydrogen-bond acceptors (Lipinski definition) is 2. The lowest BCUT2D eigenvalue weighted by Crippen LogP contribution is -2.40. The van der Waals surface area contributed by atoms with Crippen LogP contribution in [-0.2, 0) is 9.59 Å². The Labute approximate surface area is 119 Å². The smallest absolute Gasteiger partial charge is 0.307 e. The maximum Gasteiger partial charge on any atom is 0.307 e. The van der Waals surface area contributed by atoms with Crippen molar-refractivity contribution in [2.45, 2.75) is 38.6 Å². The molecular weight excluding hydrogens is 254 g/mol. The lowest BCUT2D eigenvalue weighted by atomic mass is 9.78. The fourth-order valence-electron chi connectivity index (χ4n) is 2.89. The van der Waals surface area contributed by atoms with E-state index in [1.165, 1.54) is 0 Å². The van der Waals surface area contributed by atoms with Crippen LogP contribution in [-0.4, -0.2) is 17.0 Å². The molecule has 0 aromatic heterocycles. The number of carboxylic acid groups (broad SMARTS) is 1. The van der Waals surface area contributed by atoms with E-state index in [0.29, 0.717) is 12.8 Å². The van der Waals surface area contributed by atoms with Crippen LogP contribution >= 0.6 is 0 Å². The molecule has 20 heavy (non-hydrogen) atoms. The topological polar surface area (TPSA) is 66.4 Å². The molecular formula is C16H21NO3. The zero-order chi connectivity index (χ0) is 14.5. The van der Waals surface area contributed by atoms with Crippen LogP contribution in [0.3, 0.4) is 0 Å². The second kappa shape index (κ2) is 6.55. The van der Waals surface area contributed by atoms with E-state index in [9.17, 15) is 14.7 Å². The average Bonchev–Trinajstić information content (AvgIpc) is 2.48. The molecule has 1 fully saturated rings. The highest BCUT2D eigenvalue weighted by atomic mass is 16.4. The Morgan fingerprint density at radius 3 is 2.35 bits per heavy atom. The number of carbonyl (C=O) groups is 2. The molecule has 4 heteroatoms. The Morgan fingerprint density at radius 1 is 1.15 bits per heavy atom. The average molecular weight is 275 g/mol. The number of nitrogens with one attached hydrogen (secondary N) is 1. The van der Waals surface area contributed by atoms with Gasteiger partial charge in [-0.3, -0.25) is 9.59 Å². The molecule has 1 saturated carbocycles. The van der Waals surface area contributed by atoms with Crippen LogP contribution in [0.1, 0.15) is 44.2 Å². The standard InChI is InChI=1S/C16H21NO3/c1-11(12-7-3-2-4-8-12)17-15(18)13-9-5-6-10-14(13)16(19)20/h2-4,7-8,11,13-14H,5-6,9-10H2,1H3,(H,17,18)(H,19,20)/t11-,13?,14?/m0/s1. The Bertz CT molecular complexity index is 472. The van der Waals surface area contributed by atoms with Crippen LogP contribution in [0, 0.1) is 11.8 Å². The van der Waals surface area contributed by atoms with Crippen LogP contribution in [0.25, 0.3) is 0 Å². The third-order valence-corrected chi connectivity index (χ3v) is 4.08. The van der Waals surface area contributed by atoms with Crippen molar-refractivity contribution in [1.82, 2.24) is 5.32 Å². The third kappa shape index (κ3) is 3.38. The van der Waals surface area contributed by atoms with Crippen molar-refractivity contribution >= 4 is 11.9 Å². The molecule has 0 aliphatic heterocycles. The van der Waals surface area contributed by atoms with Crippen molar-refractivity contribution in [3.63, 3.8) is 0 Å². The van der Waals surface area contributed by atoms with Crippen molar-refractivity contribution in [1.29, 1.82) is 0 Å². The van der Waals surface area contributed by atoms with Crippen molar-refractivity contribution < 1.29 is 14.7 Å². The van der Waals surface area contributed by atoms with Gasteiger partial charge in [0.15, 0.2) is 0 Å². The first-order valence-electron chi connectivity index (χ1n) is 7.17. The SMILES string of the molecule is C[C@H](NC(=O)C1CCCCC1C(=O)O)c1ccccc1. The van der Waals surface area contributed by atoms with Gasteiger partial charge in [0.2, 0.25) is 5.91 Å². The second-order valence-electron chi connectivity index (χ2n) is 5.48. The van der Waals surface area contributed by atoms with Crippen molar-refractivity contribution in [2.24, 2.45) is 11.8 Å². The number of hydrogen-bond donors (Lipinski definition) is 2. The van der Waals surface area contributed by atoms with Gasteiger partial charge >= 0.3 is 5.97 Å². The monoisotopic (exact) mass is 275 g/mol. The van der Waals surface area contributed by atoms with Crippen molar-refractivity contribution in [3.05, 3.63) is 35.9 Å². The second-order valence-corrected chi connectivity index (χ2v) is 5.48. The summed E-state index contributed by atoms with van der Waals surface area (Å²) in [7, 11) is 0. The summed E-state index contributed by atoms with van der Waals surface area (Å²) >= 11 is 0. The molecule has 1 aliphatic carbocycles. The third-order valence-electron chi connectivity index (χ3n) is 4.08. The van der Waals surface area contributed by atoms with Gasteiger partial charge in [0, 0.05) is 0 Å². The summed E-state index contributed by atoms with van der Waals surface area (Å²) in [4.78, 5) is 23.6. The summed E-state index contributed by atoms with van der Waals surface area (Å²) in [6.45, 7) is 1.92. The van der Waals surface area contributed by atoms with Crippen LogP contribution in [0.4, 0.5) is 0 Å². The molecule has 4 nitrogen and oxygen atoms in total. The summed E-state index contributed by atoms with van der Waals surface area (Å²) in [5, 5.41) is 12.2. The zero-order valence-electron chi connectivity index (χ0n) is 11.7. The fraction of sp³-hybridized carbons (Fsp3) is 0.500. The molecule has 108 valence electrons. The van der Waals surface area contributed by atoms with Crippen LogP contribution < -0.4 is 5.32 Å². The summed E-state index contributed by atoms with van der Waals surface area (Å²) in [5.74, 6) is -1.91. The summed E-state index contributed by atoms with van der Waals surface area (Å²) in [6.07, 6.45) is 3.11. The molecule has 0 spiro atoms. The molecule has 0 bridgehead atoms. The molecule has 3 atom stereocenters. The van der Waals surface area contributed by atoms with Crippen LogP contribution in [0.2, 0.25) is 0 Å². The number of carboxylic acids is 1. The minimum Gasteiger partial charge on any atom is -0.481 e. The molecule has 0 heterocycles. The van der Waals surface area contributed by atoms with Gasteiger partial charge in [-0.1, -0.05) is 43.2 Å². The van der Waals surface area contributed by atoms with Crippen molar-refractivity contribution in [3.8, 4) is 0 Å². The fourth-order valence-corrected chi connectivity index (χ4v) is 2.89. The highest BCUT2D eigenvalue weighted by Gasteiger charge is 2.36. The van der Waals surface area contributed by atoms with E-state index in [1.807, 2.05) is 37.3 Å². The largest absolute Gasteiger partial charge is 0.481 e. The van der Waals surface area contributed by atoms with Gasteiger partial charge in [0.05, 0.1) is 17.9 Å². The molecule has 1 aromatic carbocycles. The molecule has 2 unspecified atom stereocenters. The first-order chi connectivity index (χ1) is 9.59. The number of benzene rings is 1. The molecule has 1 amide bonds. The highest BCUT2D eigenvalue weighted by Crippen LogP contribution is 2.31. The molecule has 2 rings (SSSR count). The summed E-state index contributed by atoms with van der Waals surface area (Å²) < 4.78 is 0. The predicted molar refractivity (Wildman–Crippen MR) is 76.1 cm³/mol. The van der Waals surface area contributed by atoms with E-state index in [-0.39, 0.29) is 11.9 Å². The molecule has 1 aliphatic rings. The molecule has 2 N–H and O–H groups in total. The van der Waals surface area contributed by atoms with Gasteiger partial charge in [-0.15, -0.1) is 0 Å². The zero-order valence-corrected chi connectivity index (χ0v) is 11.7. The van der Waals surface area contributed by atoms with E-state index in [2.05, 4.69) is 5.32 Å².